The number of rotatable bonds is 8. The lowest BCUT2D eigenvalue weighted by Crippen LogP contribution is -2.56. The molecule has 1 saturated carbocycles. The van der Waals surface area contributed by atoms with Gasteiger partial charge in [-0.25, -0.2) is 0 Å². The Balaban J connectivity index is 0.00000341. The summed E-state index contributed by atoms with van der Waals surface area (Å²) < 4.78 is 5.58. The average molecular weight is 544 g/mol. The molecule has 0 unspecified atom stereocenters. The maximum Gasteiger partial charge on any atom is 0.252 e. The molecule has 31 heavy (non-hydrogen) atoms. The molecule has 0 atom stereocenters. The second-order valence-electron chi connectivity index (χ2n) is 8.00. The van der Waals surface area contributed by atoms with E-state index >= 15 is 0 Å². The smallest absolute Gasteiger partial charge is 0.252 e. The van der Waals surface area contributed by atoms with Gasteiger partial charge in [-0.05, 0) is 31.9 Å². The summed E-state index contributed by atoms with van der Waals surface area (Å²) in [5.74, 6) is 0.701. The molecular formula is C22H37IN6O2. The molecule has 2 heterocycles. The summed E-state index contributed by atoms with van der Waals surface area (Å²) in [7, 11) is 0. The molecule has 174 valence electrons. The van der Waals surface area contributed by atoms with Crippen LogP contribution in [0.5, 0.6) is 0 Å². The number of nitrogens with one attached hydrogen (secondary N) is 3. The van der Waals surface area contributed by atoms with Crippen LogP contribution in [-0.2, 0) is 4.74 Å². The number of hydrogen-bond acceptors (Lipinski definition) is 5. The monoisotopic (exact) mass is 544 g/mol. The second-order valence-corrected chi connectivity index (χ2v) is 8.00. The van der Waals surface area contributed by atoms with E-state index in [1.165, 1.54) is 32.1 Å². The van der Waals surface area contributed by atoms with Gasteiger partial charge in [-0.3, -0.25) is 19.7 Å². The van der Waals surface area contributed by atoms with E-state index in [-0.39, 0.29) is 35.4 Å². The van der Waals surface area contributed by atoms with Crippen molar-refractivity contribution in [3.05, 3.63) is 30.1 Å². The lowest BCUT2D eigenvalue weighted by Gasteiger charge is -2.47. The van der Waals surface area contributed by atoms with Crippen LogP contribution in [-0.4, -0.2) is 79.8 Å². The number of guanidine groups is 1. The van der Waals surface area contributed by atoms with Crippen molar-refractivity contribution in [3.8, 4) is 0 Å². The molecule has 1 aliphatic carbocycles. The minimum Gasteiger partial charge on any atom is -0.379 e. The van der Waals surface area contributed by atoms with E-state index in [1.54, 1.807) is 24.5 Å². The predicted molar refractivity (Wildman–Crippen MR) is 134 cm³/mol. The fraction of sp³-hybridized carbons (Fsp3) is 0.682. The fourth-order valence-corrected chi connectivity index (χ4v) is 4.35. The first-order chi connectivity index (χ1) is 14.7. The number of aliphatic imine (C=N–C) groups is 1. The molecule has 1 saturated heterocycles. The van der Waals surface area contributed by atoms with Crippen LogP contribution in [0, 0.1) is 0 Å². The molecule has 0 bridgehead atoms. The van der Waals surface area contributed by atoms with Crippen molar-refractivity contribution < 1.29 is 9.53 Å². The third-order valence-corrected chi connectivity index (χ3v) is 5.97. The zero-order valence-corrected chi connectivity index (χ0v) is 20.9. The molecule has 0 radical (unpaired) electrons. The van der Waals surface area contributed by atoms with Crippen molar-refractivity contribution in [1.29, 1.82) is 0 Å². The minimum atomic E-state index is -0.111. The first kappa shape index (κ1) is 25.8. The van der Waals surface area contributed by atoms with E-state index in [9.17, 15) is 4.79 Å². The largest absolute Gasteiger partial charge is 0.379 e. The molecule has 8 nitrogen and oxygen atoms in total. The number of carbonyl (C=O) groups excluding carboxylic acids is 1. The van der Waals surface area contributed by atoms with E-state index in [4.69, 9.17) is 9.73 Å². The van der Waals surface area contributed by atoms with Crippen LogP contribution >= 0.6 is 24.0 Å². The molecule has 2 fully saturated rings. The number of morpholine rings is 1. The van der Waals surface area contributed by atoms with Crippen molar-refractivity contribution in [2.24, 2.45) is 4.99 Å². The van der Waals surface area contributed by atoms with Gasteiger partial charge in [0.2, 0.25) is 0 Å². The summed E-state index contributed by atoms with van der Waals surface area (Å²) in [6, 6.07) is 3.52. The van der Waals surface area contributed by atoms with Crippen LogP contribution < -0.4 is 16.0 Å². The highest BCUT2D eigenvalue weighted by Crippen LogP contribution is 2.34. The van der Waals surface area contributed by atoms with E-state index < -0.39 is 0 Å². The van der Waals surface area contributed by atoms with Gasteiger partial charge in [0.1, 0.15) is 0 Å². The van der Waals surface area contributed by atoms with Crippen LogP contribution in [0.4, 0.5) is 0 Å². The van der Waals surface area contributed by atoms with Gasteiger partial charge in [0, 0.05) is 50.7 Å². The molecule has 1 aromatic rings. The number of hydrogen-bond donors (Lipinski definition) is 3. The van der Waals surface area contributed by atoms with Crippen LogP contribution in [0.25, 0.3) is 0 Å². The van der Waals surface area contributed by atoms with Crippen LogP contribution in [0.3, 0.4) is 0 Å². The van der Waals surface area contributed by atoms with E-state index in [2.05, 4.69) is 32.8 Å². The fourth-order valence-electron chi connectivity index (χ4n) is 4.35. The number of pyridine rings is 1. The van der Waals surface area contributed by atoms with E-state index in [0.717, 1.165) is 45.4 Å². The summed E-state index contributed by atoms with van der Waals surface area (Å²) in [5.41, 5.74) is 0.724. The van der Waals surface area contributed by atoms with Gasteiger partial charge in [-0.15, -0.1) is 24.0 Å². The molecule has 1 amide bonds. The number of ether oxygens (including phenoxy) is 1. The van der Waals surface area contributed by atoms with E-state index in [0.29, 0.717) is 18.7 Å². The number of carbonyl (C=O) groups is 1. The van der Waals surface area contributed by atoms with Crippen molar-refractivity contribution >= 4 is 35.8 Å². The van der Waals surface area contributed by atoms with Crippen molar-refractivity contribution in [2.75, 3.05) is 52.5 Å². The summed E-state index contributed by atoms with van der Waals surface area (Å²) in [6.45, 7) is 8.44. The zero-order chi connectivity index (χ0) is 21.1. The second kappa shape index (κ2) is 13.8. The highest BCUT2D eigenvalue weighted by atomic mass is 127. The number of aromatic nitrogens is 1. The normalized spacial score (nSPS) is 19.2. The highest BCUT2D eigenvalue weighted by Gasteiger charge is 2.38. The van der Waals surface area contributed by atoms with Crippen LogP contribution in [0.15, 0.2) is 29.5 Å². The van der Waals surface area contributed by atoms with Gasteiger partial charge in [0.05, 0.1) is 25.3 Å². The molecule has 1 aliphatic heterocycles. The van der Waals surface area contributed by atoms with E-state index in [1.807, 2.05) is 0 Å². The standard InChI is InChI=1S/C22H36N6O2.HI/c1-2-24-21(26-12-11-25-20(29)19-7-6-10-23-17-19)27-18-22(8-4-3-5-9-22)28-13-15-30-16-14-28;/h6-7,10,17H,2-5,8-9,11-16,18H2,1H3,(H,25,29)(H2,24,26,27);1H. The van der Waals surface area contributed by atoms with Crippen LogP contribution in [0.1, 0.15) is 49.4 Å². The molecule has 0 aromatic carbocycles. The van der Waals surface area contributed by atoms with Crippen molar-refractivity contribution in [2.45, 2.75) is 44.6 Å². The number of amides is 1. The summed E-state index contributed by atoms with van der Waals surface area (Å²) in [5, 5.41) is 9.60. The Kier molecular flexibility index (Phi) is 11.5. The van der Waals surface area contributed by atoms with Crippen molar-refractivity contribution in [1.82, 2.24) is 25.8 Å². The first-order valence-electron chi connectivity index (χ1n) is 11.3. The Labute approximate surface area is 203 Å². The van der Waals surface area contributed by atoms with Gasteiger partial charge in [-0.1, -0.05) is 19.3 Å². The lowest BCUT2D eigenvalue weighted by molar-refractivity contribution is -0.0333. The maximum atomic E-state index is 12.1. The molecule has 9 heteroatoms. The SMILES string of the molecule is CCNC(=NCC1(N2CCOCC2)CCCCC1)NCCNC(=O)c1cccnc1.I. The van der Waals surface area contributed by atoms with Crippen molar-refractivity contribution in [3.63, 3.8) is 0 Å². The van der Waals surface area contributed by atoms with Gasteiger partial charge in [0.25, 0.3) is 5.91 Å². The summed E-state index contributed by atoms with van der Waals surface area (Å²) in [4.78, 5) is 23.7. The Hall–Kier alpha value is -1.46. The number of nitrogens with zero attached hydrogens (tertiary/aromatic N) is 3. The third-order valence-electron chi connectivity index (χ3n) is 5.97. The summed E-state index contributed by atoms with van der Waals surface area (Å²) >= 11 is 0. The Morgan fingerprint density at radius 3 is 2.58 bits per heavy atom. The van der Waals surface area contributed by atoms with Crippen LogP contribution in [0.2, 0.25) is 0 Å². The quantitative estimate of drug-likeness (QED) is 0.201. The minimum absolute atomic E-state index is 0. The lowest BCUT2D eigenvalue weighted by atomic mass is 9.80. The van der Waals surface area contributed by atoms with Gasteiger partial charge < -0.3 is 20.7 Å². The predicted octanol–water partition coefficient (Wildman–Crippen LogP) is 2.02. The first-order valence-corrected chi connectivity index (χ1v) is 11.3. The Bertz CT molecular complexity index is 676. The molecule has 0 spiro atoms. The third kappa shape index (κ3) is 7.87. The highest BCUT2D eigenvalue weighted by molar-refractivity contribution is 14.0. The topological polar surface area (TPSA) is 90.9 Å². The molecule has 2 aliphatic rings. The van der Waals surface area contributed by atoms with Gasteiger partial charge in [-0.2, -0.15) is 0 Å². The summed E-state index contributed by atoms with van der Waals surface area (Å²) in [6.07, 6.45) is 9.52. The Morgan fingerprint density at radius 1 is 1.16 bits per heavy atom. The average Bonchev–Trinajstić information content (AvgIpc) is 2.81. The molecule has 3 N–H and O–H groups in total. The molecular weight excluding hydrogens is 507 g/mol. The van der Waals surface area contributed by atoms with Gasteiger partial charge in [0.15, 0.2) is 5.96 Å². The maximum absolute atomic E-state index is 12.1. The number of halogens is 1. The Morgan fingerprint density at radius 2 is 1.90 bits per heavy atom. The zero-order valence-electron chi connectivity index (χ0n) is 18.6. The molecule has 1 aromatic heterocycles. The van der Waals surface area contributed by atoms with Gasteiger partial charge >= 0.3 is 0 Å². The molecule has 3 rings (SSSR count).